The first-order valence-electron chi connectivity index (χ1n) is 11.5. The van der Waals surface area contributed by atoms with E-state index in [-0.39, 0.29) is 18.3 Å². The van der Waals surface area contributed by atoms with Crippen LogP contribution in [0.3, 0.4) is 0 Å². The van der Waals surface area contributed by atoms with Crippen LogP contribution in [-0.2, 0) is 14.8 Å². The molecule has 2 aliphatic rings. The molecule has 2 aromatic rings. The summed E-state index contributed by atoms with van der Waals surface area (Å²) in [6.45, 7) is 6.78. The van der Waals surface area contributed by atoms with E-state index in [2.05, 4.69) is 24.6 Å². The van der Waals surface area contributed by atoms with E-state index in [1.807, 2.05) is 19.1 Å². The van der Waals surface area contributed by atoms with Crippen molar-refractivity contribution in [1.82, 2.24) is 4.72 Å². The third-order valence-electron chi connectivity index (χ3n) is 6.44. The molecule has 1 aliphatic carbocycles. The van der Waals surface area contributed by atoms with Crippen molar-refractivity contribution < 1.29 is 19.4 Å². The molecular weight excluding hydrogens is 424 g/mol. The Morgan fingerprint density at radius 3 is 2.41 bits per heavy atom. The highest BCUT2D eigenvalue weighted by molar-refractivity contribution is 7.89. The fourth-order valence-electron chi connectivity index (χ4n) is 4.41. The van der Waals surface area contributed by atoms with Gasteiger partial charge in [0.2, 0.25) is 10.0 Å². The molecule has 1 aliphatic heterocycles. The Morgan fingerprint density at radius 2 is 1.75 bits per heavy atom. The van der Waals surface area contributed by atoms with Crippen molar-refractivity contribution in [2.24, 2.45) is 0 Å². The van der Waals surface area contributed by atoms with Crippen LogP contribution in [0.25, 0.3) is 0 Å². The molecule has 0 spiro atoms. The maximum Gasteiger partial charge on any atom is 0.268 e. The quantitative estimate of drug-likeness (QED) is 0.648. The molecule has 4 rings (SSSR count). The van der Waals surface area contributed by atoms with Crippen LogP contribution in [0.5, 0.6) is 5.75 Å². The van der Waals surface area contributed by atoms with Crippen molar-refractivity contribution in [3.8, 4) is 5.75 Å². The number of ether oxygens (including phenoxy) is 1. The molecule has 174 valence electrons. The number of nitrogens with one attached hydrogen (secondary N) is 1. The van der Waals surface area contributed by atoms with Gasteiger partial charge in [0.1, 0.15) is 5.75 Å². The van der Waals surface area contributed by atoms with Crippen molar-refractivity contribution in [3.05, 3.63) is 53.6 Å². The summed E-state index contributed by atoms with van der Waals surface area (Å²) in [5.74, 6) is 1.03. The summed E-state index contributed by atoms with van der Waals surface area (Å²) in [5, 5.41) is 0. The largest absolute Gasteiger partial charge is 0.480 e. The van der Waals surface area contributed by atoms with Gasteiger partial charge in [-0.15, -0.1) is 0 Å². The van der Waals surface area contributed by atoms with Crippen LogP contribution in [0.4, 0.5) is 5.69 Å². The van der Waals surface area contributed by atoms with Crippen LogP contribution >= 0.6 is 0 Å². The normalized spacial score (nSPS) is 19.8. The average Bonchev–Trinajstić information content (AvgIpc) is 3.39. The van der Waals surface area contributed by atoms with Crippen molar-refractivity contribution in [1.29, 1.82) is 0 Å². The first-order valence-corrected chi connectivity index (χ1v) is 12.9. The molecule has 7 heteroatoms. The van der Waals surface area contributed by atoms with Crippen LogP contribution in [0, 0.1) is 6.92 Å². The van der Waals surface area contributed by atoms with Crippen LogP contribution in [0.15, 0.2) is 47.4 Å². The SMILES string of the molecule is Cc1ccc(C(C)C)cc1OC1CCN(c2ccc(S(=O)(=O)NC3CCCC3)cc2)C1=O.[HH]. The second-order valence-corrected chi connectivity index (χ2v) is 10.9. The van der Waals surface area contributed by atoms with Crippen LogP contribution < -0.4 is 14.4 Å². The second kappa shape index (κ2) is 9.24. The first kappa shape index (κ1) is 22.8. The van der Waals surface area contributed by atoms with Gasteiger partial charge in [-0.3, -0.25) is 4.79 Å². The third kappa shape index (κ3) is 4.84. The average molecular weight is 459 g/mol. The zero-order chi connectivity index (χ0) is 22.9. The first-order chi connectivity index (χ1) is 15.2. The highest BCUT2D eigenvalue weighted by Crippen LogP contribution is 2.30. The Balaban J connectivity index is 0.00000306. The Kier molecular flexibility index (Phi) is 6.58. The van der Waals surface area contributed by atoms with Crippen LogP contribution in [0.1, 0.15) is 64.4 Å². The summed E-state index contributed by atoms with van der Waals surface area (Å²) >= 11 is 0. The molecule has 1 heterocycles. The topological polar surface area (TPSA) is 75.7 Å². The summed E-state index contributed by atoms with van der Waals surface area (Å²) in [6.07, 6.45) is 3.96. The molecule has 1 saturated heterocycles. The number of benzene rings is 2. The van der Waals surface area contributed by atoms with E-state index in [0.29, 0.717) is 24.6 Å². The maximum absolute atomic E-state index is 13.0. The summed E-state index contributed by atoms with van der Waals surface area (Å²) in [7, 11) is -3.54. The van der Waals surface area contributed by atoms with Crippen molar-refractivity contribution in [3.63, 3.8) is 0 Å². The Bertz CT molecular complexity index is 1080. The van der Waals surface area contributed by atoms with Crippen molar-refractivity contribution in [2.45, 2.75) is 75.8 Å². The highest BCUT2D eigenvalue weighted by Gasteiger charge is 2.35. The lowest BCUT2D eigenvalue weighted by atomic mass is 10.0. The highest BCUT2D eigenvalue weighted by atomic mass is 32.2. The van der Waals surface area contributed by atoms with Gasteiger partial charge in [0.05, 0.1) is 4.90 Å². The zero-order valence-electron chi connectivity index (χ0n) is 19.0. The number of carbonyl (C=O) groups is 1. The predicted molar refractivity (Wildman–Crippen MR) is 128 cm³/mol. The smallest absolute Gasteiger partial charge is 0.268 e. The van der Waals surface area contributed by atoms with Gasteiger partial charge in [-0.05, 0) is 67.1 Å². The van der Waals surface area contributed by atoms with E-state index in [1.54, 1.807) is 29.2 Å². The minimum Gasteiger partial charge on any atom is -0.480 e. The number of sulfonamides is 1. The van der Waals surface area contributed by atoms with Gasteiger partial charge < -0.3 is 9.64 Å². The third-order valence-corrected chi connectivity index (χ3v) is 7.98. The molecule has 2 aromatic carbocycles. The minimum absolute atomic E-state index is 0. The standard InChI is InChI=1S/C25H32N2O4S.H2/c1-17(2)19-9-8-18(3)24(16-19)31-23-14-15-27(25(23)28)21-10-12-22(13-11-21)32(29,30)26-20-6-4-5-7-20;/h8-13,16-17,20,23,26H,4-7,14-15H2,1-3H3;1H. The molecule has 1 saturated carbocycles. The van der Waals surface area contributed by atoms with Gasteiger partial charge in [-0.2, -0.15) is 0 Å². The van der Waals surface area contributed by atoms with Gasteiger partial charge in [-0.25, -0.2) is 13.1 Å². The van der Waals surface area contributed by atoms with E-state index in [9.17, 15) is 13.2 Å². The Morgan fingerprint density at radius 1 is 1.06 bits per heavy atom. The number of carbonyl (C=O) groups excluding carboxylic acids is 1. The Labute approximate surface area is 192 Å². The molecule has 0 aromatic heterocycles. The van der Waals surface area contributed by atoms with Gasteiger partial charge in [-0.1, -0.05) is 38.8 Å². The van der Waals surface area contributed by atoms with Crippen LogP contribution in [0.2, 0.25) is 0 Å². The lowest BCUT2D eigenvalue weighted by Crippen LogP contribution is -2.33. The number of aryl methyl sites for hydroxylation is 1. The van der Waals surface area contributed by atoms with Gasteiger partial charge >= 0.3 is 0 Å². The number of amides is 1. The van der Waals surface area contributed by atoms with E-state index >= 15 is 0 Å². The van der Waals surface area contributed by atoms with E-state index in [4.69, 9.17) is 4.74 Å². The number of hydrogen-bond acceptors (Lipinski definition) is 4. The summed E-state index contributed by atoms with van der Waals surface area (Å²) < 4.78 is 34.2. The lowest BCUT2D eigenvalue weighted by Gasteiger charge is -2.19. The number of rotatable bonds is 7. The minimum atomic E-state index is -3.54. The summed E-state index contributed by atoms with van der Waals surface area (Å²) in [4.78, 5) is 14.9. The fourth-order valence-corrected chi connectivity index (χ4v) is 5.72. The Hall–Kier alpha value is -2.38. The monoisotopic (exact) mass is 458 g/mol. The van der Waals surface area contributed by atoms with E-state index in [0.717, 1.165) is 37.0 Å². The molecular formula is C25H34N2O4S. The molecule has 1 atom stereocenters. The van der Waals surface area contributed by atoms with Crippen LogP contribution in [-0.4, -0.2) is 33.0 Å². The lowest BCUT2D eigenvalue weighted by molar-refractivity contribution is -0.122. The van der Waals surface area contributed by atoms with Crippen molar-refractivity contribution in [2.75, 3.05) is 11.4 Å². The predicted octanol–water partition coefficient (Wildman–Crippen LogP) is 4.77. The molecule has 2 fully saturated rings. The second-order valence-electron chi connectivity index (χ2n) is 9.16. The van der Waals surface area contributed by atoms with Crippen molar-refractivity contribution >= 4 is 21.6 Å². The number of hydrogen-bond donors (Lipinski definition) is 1. The molecule has 0 bridgehead atoms. The zero-order valence-corrected chi connectivity index (χ0v) is 19.8. The fraction of sp³-hybridized carbons (Fsp3) is 0.480. The molecule has 32 heavy (non-hydrogen) atoms. The number of anilines is 1. The maximum atomic E-state index is 13.0. The summed E-state index contributed by atoms with van der Waals surface area (Å²) in [6, 6.07) is 12.7. The van der Waals surface area contributed by atoms with E-state index in [1.165, 1.54) is 5.56 Å². The van der Waals surface area contributed by atoms with Gasteiger partial charge in [0.25, 0.3) is 5.91 Å². The molecule has 6 nitrogen and oxygen atoms in total. The number of nitrogens with zero attached hydrogens (tertiary/aromatic N) is 1. The molecule has 1 amide bonds. The molecule has 1 N–H and O–H groups in total. The van der Waals surface area contributed by atoms with Gasteiger partial charge in [0.15, 0.2) is 6.10 Å². The van der Waals surface area contributed by atoms with E-state index < -0.39 is 16.1 Å². The van der Waals surface area contributed by atoms with Gasteiger partial charge in [0, 0.05) is 26.1 Å². The summed E-state index contributed by atoms with van der Waals surface area (Å²) in [5.41, 5.74) is 2.87. The molecule has 0 radical (unpaired) electrons. The molecule has 1 unspecified atom stereocenters.